The predicted octanol–water partition coefficient (Wildman–Crippen LogP) is -1.16. The summed E-state index contributed by atoms with van der Waals surface area (Å²) in [5.41, 5.74) is -2.51. The summed E-state index contributed by atoms with van der Waals surface area (Å²) < 4.78 is 49.2. The van der Waals surface area contributed by atoms with Crippen molar-refractivity contribution in [3.8, 4) is 45.6 Å². The lowest BCUT2D eigenvalue weighted by Gasteiger charge is -2.40. The van der Waals surface area contributed by atoms with Gasteiger partial charge in [0.15, 0.2) is 29.3 Å². The molecule has 8 atom stereocenters. The van der Waals surface area contributed by atoms with Gasteiger partial charge in [0.1, 0.15) is 59.1 Å². The summed E-state index contributed by atoms with van der Waals surface area (Å²) in [6, 6.07) is 4.23. The van der Waals surface area contributed by atoms with Crippen LogP contribution in [0.15, 0.2) is 33.7 Å². The molecule has 0 amide bonds. The second kappa shape index (κ2) is 13.7. The van der Waals surface area contributed by atoms with Gasteiger partial charge in [0.05, 0.1) is 53.8 Å². The first-order valence-corrected chi connectivity index (χ1v) is 14.2. The van der Waals surface area contributed by atoms with Crippen LogP contribution in [0.4, 0.5) is 0 Å². The quantitative estimate of drug-likeness (QED) is 0.127. The Bertz CT molecular complexity index is 1640. The number of phenols is 1. The fraction of sp³-hybridized carbons (Fsp3) is 0.500. The Morgan fingerprint density at radius 1 is 0.851 bits per heavy atom. The van der Waals surface area contributed by atoms with Crippen LogP contribution in [0.3, 0.4) is 0 Å². The second-order valence-electron chi connectivity index (χ2n) is 10.9. The van der Waals surface area contributed by atoms with Crippen LogP contribution in [0.25, 0.3) is 22.1 Å². The highest BCUT2D eigenvalue weighted by Crippen LogP contribution is 2.45. The van der Waals surface area contributed by atoms with E-state index in [9.17, 15) is 40.5 Å². The second-order valence-corrected chi connectivity index (χ2v) is 10.9. The molecule has 47 heavy (non-hydrogen) atoms. The van der Waals surface area contributed by atoms with Crippen molar-refractivity contribution in [2.24, 2.45) is 0 Å². The van der Waals surface area contributed by atoms with Crippen LogP contribution < -0.4 is 29.1 Å². The van der Waals surface area contributed by atoms with Gasteiger partial charge in [-0.15, -0.1) is 0 Å². The fourth-order valence-corrected chi connectivity index (χ4v) is 5.34. The molecule has 3 aromatic rings. The molecule has 0 radical (unpaired) electrons. The average Bonchev–Trinajstić information content (AvgIpc) is 3.36. The summed E-state index contributed by atoms with van der Waals surface area (Å²) >= 11 is 0. The van der Waals surface area contributed by atoms with E-state index in [4.69, 9.17) is 42.3 Å². The van der Waals surface area contributed by atoms with Crippen molar-refractivity contribution in [2.75, 3.05) is 48.3 Å². The van der Waals surface area contributed by atoms with Crippen LogP contribution >= 0.6 is 0 Å². The molecule has 7 N–H and O–H groups in total. The number of aliphatic hydroxyl groups is 6. The van der Waals surface area contributed by atoms with E-state index in [0.29, 0.717) is 11.5 Å². The van der Waals surface area contributed by atoms with E-state index >= 15 is 0 Å². The minimum atomic E-state index is -1.96. The van der Waals surface area contributed by atoms with E-state index < -0.39 is 79.7 Å². The Morgan fingerprint density at radius 2 is 1.53 bits per heavy atom. The number of aliphatic hydroxyl groups excluding tert-OH is 5. The molecule has 2 saturated heterocycles. The van der Waals surface area contributed by atoms with Gasteiger partial charge in [-0.2, -0.15) is 0 Å². The summed E-state index contributed by atoms with van der Waals surface area (Å²) in [4.78, 5) is 13.7. The van der Waals surface area contributed by atoms with Crippen molar-refractivity contribution in [2.45, 2.75) is 48.7 Å². The molecule has 0 aliphatic carbocycles. The molecule has 0 spiro atoms. The highest BCUT2D eigenvalue weighted by atomic mass is 16.7. The molecule has 2 aromatic carbocycles. The largest absolute Gasteiger partial charge is 0.504 e. The average molecular weight is 669 g/mol. The number of benzene rings is 2. The first kappa shape index (κ1) is 34.4. The van der Waals surface area contributed by atoms with Gasteiger partial charge >= 0.3 is 0 Å². The monoisotopic (exact) mass is 668 g/mol. The molecule has 1 aromatic heterocycles. The standard InChI is InChI=1S/C30H36O17/c1-39-14-6-16(41-3)15(40-2)5-12(14)13-8-43-17-7-18(26(42-4)23(34)20(17)21(13)32)46-28-25(36)24(35)22(33)19(47-28)9-44-29-27(37)30(38,10-31)11-45-29/h5-8,19,22,24-25,27-29,31,33-38H,9-11H2,1-4H3/t19?,22-,24+,25?,27?,28-,29?,30?/m1/s1. The Morgan fingerprint density at radius 3 is 2.15 bits per heavy atom. The van der Waals surface area contributed by atoms with Crippen molar-refractivity contribution >= 4 is 11.0 Å². The zero-order valence-electron chi connectivity index (χ0n) is 25.7. The van der Waals surface area contributed by atoms with E-state index in [2.05, 4.69) is 0 Å². The lowest BCUT2D eigenvalue weighted by atomic mass is 9.99. The van der Waals surface area contributed by atoms with Crippen molar-refractivity contribution in [1.82, 2.24) is 0 Å². The Hall–Kier alpha value is -3.91. The normalized spacial score (nSPS) is 29.1. The lowest BCUT2D eigenvalue weighted by molar-refractivity contribution is -0.289. The number of aromatic hydroxyl groups is 1. The van der Waals surface area contributed by atoms with Gasteiger partial charge in [-0.25, -0.2) is 0 Å². The number of methoxy groups -OCH3 is 4. The maximum atomic E-state index is 13.7. The van der Waals surface area contributed by atoms with Crippen LogP contribution in [-0.2, 0) is 14.2 Å². The minimum absolute atomic E-state index is 0.00102. The van der Waals surface area contributed by atoms with E-state index in [-0.39, 0.29) is 39.3 Å². The molecule has 3 heterocycles. The molecular formula is C30H36O17. The zero-order valence-corrected chi connectivity index (χ0v) is 25.7. The number of phenolic OH excluding ortho intramolecular Hbond substituents is 1. The molecule has 5 unspecified atom stereocenters. The zero-order chi connectivity index (χ0) is 34.2. The summed E-state index contributed by atoms with van der Waals surface area (Å²) in [5.74, 6) is -0.398. The summed E-state index contributed by atoms with van der Waals surface area (Å²) in [7, 11) is 5.44. The molecule has 0 bridgehead atoms. The van der Waals surface area contributed by atoms with Crippen molar-refractivity contribution < 1.29 is 78.1 Å². The van der Waals surface area contributed by atoms with Crippen LogP contribution in [0.5, 0.6) is 34.5 Å². The predicted molar refractivity (Wildman–Crippen MR) is 157 cm³/mol. The molecule has 2 aliphatic heterocycles. The fourth-order valence-electron chi connectivity index (χ4n) is 5.34. The number of ether oxygens (including phenoxy) is 8. The van der Waals surface area contributed by atoms with Gasteiger partial charge in [0, 0.05) is 17.7 Å². The van der Waals surface area contributed by atoms with Gasteiger partial charge in [0.25, 0.3) is 0 Å². The number of fused-ring (bicyclic) bond motifs is 1. The summed E-state index contributed by atoms with van der Waals surface area (Å²) in [6.07, 6.45) is -10.3. The van der Waals surface area contributed by atoms with Crippen molar-refractivity contribution in [3.63, 3.8) is 0 Å². The van der Waals surface area contributed by atoms with E-state index in [1.165, 1.54) is 46.6 Å². The maximum absolute atomic E-state index is 13.7. The third-order valence-corrected chi connectivity index (χ3v) is 8.08. The van der Waals surface area contributed by atoms with Gasteiger partial charge < -0.3 is 78.1 Å². The molecule has 2 fully saturated rings. The molecule has 17 nitrogen and oxygen atoms in total. The van der Waals surface area contributed by atoms with E-state index in [1.54, 1.807) is 0 Å². The first-order chi connectivity index (χ1) is 22.4. The van der Waals surface area contributed by atoms with Crippen LogP contribution in [0.2, 0.25) is 0 Å². The van der Waals surface area contributed by atoms with Crippen molar-refractivity contribution in [3.05, 3.63) is 34.7 Å². The van der Waals surface area contributed by atoms with Crippen LogP contribution in [-0.4, -0.2) is 133 Å². The van der Waals surface area contributed by atoms with Gasteiger partial charge in [-0.05, 0) is 6.07 Å². The minimum Gasteiger partial charge on any atom is -0.504 e. The molecule has 0 saturated carbocycles. The number of hydrogen-bond donors (Lipinski definition) is 7. The Kier molecular flexibility index (Phi) is 10.0. The van der Waals surface area contributed by atoms with Gasteiger partial charge in [-0.1, -0.05) is 0 Å². The highest BCUT2D eigenvalue weighted by molar-refractivity contribution is 5.92. The molecule has 17 heteroatoms. The Labute approximate surface area is 266 Å². The smallest absolute Gasteiger partial charge is 0.229 e. The van der Waals surface area contributed by atoms with Gasteiger partial charge in [0.2, 0.25) is 17.5 Å². The van der Waals surface area contributed by atoms with E-state index in [1.807, 2.05) is 0 Å². The topological polar surface area (TPSA) is 246 Å². The highest BCUT2D eigenvalue weighted by Gasteiger charge is 2.50. The van der Waals surface area contributed by atoms with Crippen LogP contribution in [0.1, 0.15) is 0 Å². The molecule has 258 valence electrons. The third kappa shape index (κ3) is 6.13. The number of rotatable bonds is 11. The molecule has 2 aliphatic rings. The van der Waals surface area contributed by atoms with Gasteiger partial charge in [-0.3, -0.25) is 4.79 Å². The third-order valence-electron chi connectivity index (χ3n) is 8.08. The maximum Gasteiger partial charge on any atom is 0.229 e. The van der Waals surface area contributed by atoms with E-state index in [0.717, 1.165) is 6.26 Å². The molecule has 5 rings (SSSR count). The first-order valence-electron chi connectivity index (χ1n) is 14.2. The lowest BCUT2D eigenvalue weighted by Crippen LogP contribution is -2.60. The Balaban J connectivity index is 1.44. The summed E-state index contributed by atoms with van der Waals surface area (Å²) in [5, 5.41) is 72.3. The van der Waals surface area contributed by atoms with Crippen LogP contribution in [0, 0.1) is 0 Å². The number of hydrogen-bond acceptors (Lipinski definition) is 17. The van der Waals surface area contributed by atoms with Crippen molar-refractivity contribution in [1.29, 1.82) is 0 Å². The SMILES string of the molecule is COc1cc(OC)c(-c2coc3cc(O[C@@H]4OC(COC5OCC(O)(CO)C5O)[C@@H](O)[C@H](O)C4O)c(OC)c(O)c3c2=O)cc1OC. The molecular weight excluding hydrogens is 632 g/mol. The summed E-state index contributed by atoms with van der Waals surface area (Å²) in [6.45, 7) is -1.75.